The molecule has 1 N–H and O–H groups in total. The van der Waals surface area contributed by atoms with Crippen LogP contribution in [0.2, 0.25) is 0 Å². The van der Waals surface area contributed by atoms with E-state index in [0.717, 1.165) is 4.90 Å². The molecule has 1 saturated heterocycles. The Labute approximate surface area is 144 Å². The first kappa shape index (κ1) is 17.1. The van der Waals surface area contributed by atoms with E-state index in [2.05, 4.69) is 5.32 Å². The van der Waals surface area contributed by atoms with Gasteiger partial charge in [-0.3, -0.25) is 29.4 Å². The van der Waals surface area contributed by atoms with E-state index in [4.69, 9.17) is 9.47 Å². The highest BCUT2D eigenvalue weighted by molar-refractivity contribution is 6.24. The molecule has 0 radical (unpaired) electrons. The number of rotatable bonds is 6. The van der Waals surface area contributed by atoms with Crippen LogP contribution in [0.15, 0.2) is 18.2 Å². The summed E-state index contributed by atoms with van der Waals surface area (Å²) in [6, 6.07) is 3.76. The number of carbonyl (C=O) groups excluding carboxylic acids is 4. The van der Waals surface area contributed by atoms with Gasteiger partial charge in [0.25, 0.3) is 11.8 Å². The van der Waals surface area contributed by atoms with Crippen molar-refractivity contribution < 1.29 is 28.7 Å². The van der Waals surface area contributed by atoms with Crippen molar-refractivity contribution in [3.63, 3.8) is 0 Å². The lowest BCUT2D eigenvalue weighted by Gasteiger charge is -2.27. The molecule has 8 nitrogen and oxygen atoms in total. The number of carbonyl (C=O) groups is 4. The molecule has 132 valence electrons. The number of fused-ring (bicyclic) bond motifs is 1. The summed E-state index contributed by atoms with van der Waals surface area (Å²) in [4.78, 5) is 49.6. The van der Waals surface area contributed by atoms with Crippen molar-refractivity contribution in [2.24, 2.45) is 0 Å². The minimum atomic E-state index is -0.985. The van der Waals surface area contributed by atoms with Crippen LogP contribution in [0.5, 0.6) is 5.75 Å². The maximum absolute atomic E-state index is 12.8. The average Bonchev–Trinajstić information content (AvgIpc) is 2.84. The van der Waals surface area contributed by atoms with E-state index >= 15 is 0 Å². The van der Waals surface area contributed by atoms with Gasteiger partial charge in [-0.15, -0.1) is 0 Å². The van der Waals surface area contributed by atoms with Crippen molar-refractivity contribution in [3.05, 3.63) is 29.3 Å². The second-order valence-electron chi connectivity index (χ2n) is 5.67. The monoisotopic (exact) mass is 346 g/mol. The van der Waals surface area contributed by atoms with Gasteiger partial charge in [-0.25, -0.2) is 0 Å². The van der Waals surface area contributed by atoms with Crippen LogP contribution >= 0.6 is 0 Å². The number of nitrogens with one attached hydrogen (secondary N) is 1. The maximum atomic E-state index is 12.8. The van der Waals surface area contributed by atoms with Crippen LogP contribution in [0.25, 0.3) is 0 Å². The lowest BCUT2D eigenvalue weighted by atomic mass is 10.0. The summed E-state index contributed by atoms with van der Waals surface area (Å²) in [6.45, 7) is 3.01. The maximum Gasteiger partial charge on any atom is 0.266 e. The number of piperidine rings is 1. The molecule has 0 aromatic heterocycles. The van der Waals surface area contributed by atoms with Crippen LogP contribution in [0.4, 0.5) is 0 Å². The third kappa shape index (κ3) is 3.12. The van der Waals surface area contributed by atoms with Gasteiger partial charge in [0.05, 0.1) is 17.7 Å². The molecule has 25 heavy (non-hydrogen) atoms. The van der Waals surface area contributed by atoms with Gasteiger partial charge in [-0.1, -0.05) is 6.07 Å². The fourth-order valence-electron chi connectivity index (χ4n) is 2.96. The molecule has 0 bridgehead atoms. The predicted octanol–water partition coefficient (Wildman–Crippen LogP) is 0.503. The number of hydrogen-bond donors (Lipinski definition) is 1. The highest BCUT2D eigenvalue weighted by Gasteiger charge is 2.45. The van der Waals surface area contributed by atoms with E-state index in [9.17, 15) is 19.2 Å². The minimum Gasteiger partial charge on any atom is -0.490 e. The Morgan fingerprint density at radius 2 is 1.96 bits per heavy atom. The normalized spacial score (nSPS) is 19.9. The second kappa shape index (κ2) is 7.02. The predicted molar refractivity (Wildman–Crippen MR) is 85.1 cm³/mol. The smallest absolute Gasteiger partial charge is 0.266 e. The topological polar surface area (TPSA) is 102 Å². The number of amides is 4. The van der Waals surface area contributed by atoms with E-state index in [0.29, 0.717) is 13.2 Å². The Morgan fingerprint density at radius 3 is 2.68 bits per heavy atom. The number of ether oxygens (including phenoxy) is 2. The van der Waals surface area contributed by atoms with E-state index in [1.54, 1.807) is 12.1 Å². The molecule has 1 atom stereocenters. The summed E-state index contributed by atoms with van der Waals surface area (Å²) in [5, 5.41) is 2.17. The molecule has 1 fully saturated rings. The van der Waals surface area contributed by atoms with Crippen LogP contribution in [0.1, 0.15) is 40.5 Å². The summed E-state index contributed by atoms with van der Waals surface area (Å²) < 4.78 is 10.8. The molecular formula is C17H18N2O6. The fraction of sp³-hybridized carbons (Fsp3) is 0.412. The molecule has 3 rings (SSSR count). The van der Waals surface area contributed by atoms with Crippen LogP contribution in [-0.4, -0.2) is 54.4 Å². The summed E-state index contributed by atoms with van der Waals surface area (Å²) in [5.41, 5.74) is 0.345. The summed E-state index contributed by atoms with van der Waals surface area (Å²) in [5.74, 6) is -1.89. The number of hydrogen-bond acceptors (Lipinski definition) is 6. The van der Waals surface area contributed by atoms with Gasteiger partial charge in [0.1, 0.15) is 18.4 Å². The van der Waals surface area contributed by atoms with Gasteiger partial charge in [0.2, 0.25) is 11.8 Å². The van der Waals surface area contributed by atoms with Crippen LogP contribution < -0.4 is 10.1 Å². The minimum absolute atomic E-state index is 0.0848. The Kier molecular flexibility index (Phi) is 4.80. The molecule has 0 aliphatic carbocycles. The zero-order valence-electron chi connectivity index (χ0n) is 13.7. The zero-order valence-corrected chi connectivity index (χ0v) is 13.7. The SMILES string of the molecule is CCOCCOc1cccc2c1C(=O)N(C1CCC(=O)NC1=O)C2=O. The van der Waals surface area contributed by atoms with Crippen molar-refractivity contribution in [2.75, 3.05) is 19.8 Å². The molecule has 0 spiro atoms. The fourth-order valence-corrected chi connectivity index (χ4v) is 2.96. The molecule has 1 aromatic carbocycles. The van der Waals surface area contributed by atoms with E-state index in [-0.39, 0.29) is 36.3 Å². The lowest BCUT2D eigenvalue weighted by molar-refractivity contribution is -0.136. The third-order valence-electron chi connectivity index (χ3n) is 4.12. The highest BCUT2D eigenvalue weighted by Crippen LogP contribution is 2.33. The lowest BCUT2D eigenvalue weighted by Crippen LogP contribution is -2.54. The standard InChI is InChI=1S/C17H18N2O6/c1-2-24-8-9-25-12-5-3-4-10-14(12)17(23)19(16(10)22)11-6-7-13(20)18-15(11)21/h3-5,11H,2,6-9H2,1H3,(H,18,20,21). The first-order valence-electron chi connectivity index (χ1n) is 8.09. The number of nitrogens with zero attached hydrogens (tertiary/aromatic N) is 1. The van der Waals surface area contributed by atoms with Crippen LogP contribution in [0.3, 0.4) is 0 Å². The summed E-state index contributed by atoms with van der Waals surface area (Å²) in [6.07, 6.45) is 0.207. The third-order valence-corrected chi connectivity index (χ3v) is 4.12. The molecule has 2 aliphatic heterocycles. The van der Waals surface area contributed by atoms with Crippen molar-refractivity contribution in [1.29, 1.82) is 0 Å². The quantitative estimate of drug-likeness (QED) is 0.595. The van der Waals surface area contributed by atoms with E-state index in [1.807, 2.05) is 6.92 Å². The van der Waals surface area contributed by atoms with Crippen molar-refractivity contribution >= 4 is 23.6 Å². The van der Waals surface area contributed by atoms with Crippen molar-refractivity contribution in [2.45, 2.75) is 25.8 Å². The van der Waals surface area contributed by atoms with Crippen molar-refractivity contribution in [3.8, 4) is 5.75 Å². The van der Waals surface area contributed by atoms with Gasteiger partial charge < -0.3 is 9.47 Å². The first-order valence-corrected chi connectivity index (χ1v) is 8.09. The number of imide groups is 2. The zero-order chi connectivity index (χ0) is 18.0. The number of benzene rings is 1. The Balaban J connectivity index is 1.84. The van der Waals surface area contributed by atoms with Crippen LogP contribution in [0, 0.1) is 0 Å². The van der Waals surface area contributed by atoms with Gasteiger partial charge in [0.15, 0.2) is 0 Å². The molecule has 4 amide bonds. The van der Waals surface area contributed by atoms with E-state index in [1.165, 1.54) is 6.07 Å². The Bertz CT molecular complexity index is 745. The van der Waals surface area contributed by atoms with Crippen molar-refractivity contribution in [1.82, 2.24) is 10.2 Å². The first-order chi connectivity index (χ1) is 12.0. The molecular weight excluding hydrogens is 328 g/mol. The van der Waals surface area contributed by atoms with Gasteiger partial charge in [-0.2, -0.15) is 0 Å². The Hall–Kier alpha value is -2.74. The van der Waals surface area contributed by atoms with E-state index < -0.39 is 29.7 Å². The molecule has 1 aromatic rings. The molecule has 8 heteroatoms. The largest absolute Gasteiger partial charge is 0.490 e. The average molecular weight is 346 g/mol. The van der Waals surface area contributed by atoms with Gasteiger partial charge in [-0.05, 0) is 25.5 Å². The summed E-state index contributed by atoms with van der Waals surface area (Å²) >= 11 is 0. The summed E-state index contributed by atoms with van der Waals surface area (Å²) in [7, 11) is 0. The molecule has 1 unspecified atom stereocenters. The second-order valence-corrected chi connectivity index (χ2v) is 5.67. The molecule has 0 saturated carbocycles. The van der Waals surface area contributed by atoms with Crippen LogP contribution in [-0.2, 0) is 14.3 Å². The van der Waals surface area contributed by atoms with Gasteiger partial charge in [0, 0.05) is 13.0 Å². The Morgan fingerprint density at radius 1 is 1.16 bits per heavy atom. The van der Waals surface area contributed by atoms with Gasteiger partial charge >= 0.3 is 0 Å². The highest BCUT2D eigenvalue weighted by atomic mass is 16.5. The molecule has 2 aliphatic rings. The molecule has 2 heterocycles.